The van der Waals surface area contributed by atoms with E-state index in [9.17, 15) is 14.4 Å². The minimum Gasteiger partial charge on any atom is -0.345 e. The molecule has 8 heteroatoms. The van der Waals surface area contributed by atoms with Gasteiger partial charge in [-0.2, -0.15) is 0 Å². The van der Waals surface area contributed by atoms with Crippen molar-refractivity contribution in [1.82, 2.24) is 10.2 Å². The first kappa shape index (κ1) is 13.6. The van der Waals surface area contributed by atoms with E-state index in [0.29, 0.717) is 0 Å². The number of azide groups is 1. The molecule has 1 atom stereocenters. The number of benzene rings is 1. The third kappa shape index (κ3) is 2.32. The molecule has 0 aromatic heterocycles. The number of imide groups is 1. The zero-order valence-corrected chi connectivity index (χ0v) is 10.6. The average Bonchev–Trinajstić information content (AvgIpc) is 2.44. The van der Waals surface area contributed by atoms with Crippen LogP contribution in [0.4, 0.5) is 5.69 Å². The molecule has 8 nitrogen and oxygen atoms in total. The summed E-state index contributed by atoms with van der Waals surface area (Å²) in [6, 6.07) is 5.20. The molecule has 1 heterocycles. The van der Waals surface area contributed by atoms with Crippen LogP contribution in [0.25, 0.3) is 10.4 Å². The summed E-state index contributed by atoms with van der Waals surface area (Å²) >= 11 is 0. The Hall–Kier alpha value is -2.86. The van der Waals surface area contributed by atoms with E-state index in [-0.39, 0.29) is 17.8 Å². The van der Waals surface area contributed by atoms with Crippen LogP contribution in [-0.4, -0.2) is 35.2 Å². The maximum absolute atomic E-state index is 12.4. The normalized spacial score (nSPS) is 18.2. The molecule has 0 radical (unpaired) electrons. The second-order valence-corrected chi connectivity index (χ2v) is 4.17. The number of amides is 3. The van der Waals surface area contributed by atoms with Gasteiger partial charge in [0, 0.05) is 10.5 Å². The Balaban J connectivity index is 2.42. The molecular weight excluding hydrogens is 262 g/mol. The standard InChI is InChI=1S/C12H11N5O3/c1-7-11(19)14-6-10(18)17(7)12(20)8-4-2-3-5-9(8)15-16-13/h2-5,7H,6H2,1H3,(H,14,19). The van der Waals surface area contributed by atoms with Crippen LogP contribution in [0.15, 0.2) is 29.4 Å². The van der Waals surface area contributed by atoms with Crippen molar-refractivity contribution in [2.75, 3.05) is 6.54 Å². The molecule has 1 N–H and O–H groups in total. The molecule has 1 aliphatic heterocycles. The minimum atomic E-state index is -0.900. The zero-order chi connectivity index (χ0) is 14.7. The van der Waals surface area contributed by atoms with Gasteiger partial charge in [-0.05, 0) is 18.5 Å². The summed E-state index contributed by atoms with van der Waals surface area (Å²) in [4.78, 5) is 39.3. The Bertz CT molecular complexity index is 636. The summed E-state index contributed by atoms with van der Waals surface area (Å²) < 4.78 is 0. The first-order valence-corrected chi connectivity index (χ1v) is 5.84. The van der Waals surface area contributed by atoms with Crippen LogP contribution in [0, 0.1) is 0 Å². The summed E-state index contributed by atoms with van der Waals surface area (Å²) in [6.07, 6.45) is 0. The van der Waals surface area contributed by atoms with Crippen molar-refractivity contribution >= 4 is 23.4 Å². The van der Waals surface area contributed by atoms with E-state index in [1.54, 1.807) is 12.1 Å². The van der Waals surface area contributed by atoms with Crippen molar-refractivity contribution in [1.29, 1.82) is 0 Å². The van der Waals surface area contributed by atoms with Gasteiger partial charge < -0.3 is 5.32 Å². The number of nitrogens with zero attached hydrogens (tertiary/aromatic N) is 4. The lowest BCUT2D eigenvalue weighted by Gasteiger charge is -2.31. The molecule has 20 heavy (non-hydrogen) atoms. The van der Waals surface area contributed by atoms with E-state index in [2.05, 4.69) is 15.3 Å². The lowest BCUT2D eigenvalue weighted by Crippen LogP contribution is -2.59. The zero-order valence-electron chi connectivity index (χ0n) is 10.6. The first-order chi connectivity index (χ1) is 9.56. The Morgan fingerprint density at radius 2 is 2.15 bits per heavy atom. The van der Waals surface area contributed by atoms with Crippen molar-refractivity contribution in [2.24, 2.45) is 5.11 Å². The Morgan fingerprint density at radius 3 is 2.85 bits per heavy atom. The van der Waals surface area contributed by atoms with Gasteiger partial charge in [0.25, 0.3) is 5.91 Å². The van der Waals surface area contributed by atoms with E-state index in [1.807, 2.05) is 0 Å². The molecule has 3 amide bonds. The molecule has 0 saturated carbocycles. The minimum absolute atomic E-state index is 0.0835. The quantitative estimate of drug-likeness (QED) is 0.376. The summed E-state index contributed by atoms with van der Waals surface area (Å²) in [6.45, 7) is 1.24. The average molecular weight is 273 g/mol. The first-order valence-electron chi connectivity index (χ1n) is 5.84. The summed E-state index contributed by atoms with van der Waals surface area (Å²) in [7, 11) is 0. The van der Waals surface area contributed by atoms with Crippen LogP contribution < -0.4 is 5.32 Å². The molecule has 1 aliphatic rings. The molecule has 0 spiro atoms. The van der Waals surface area contributed by atoms with Gasteiger partial charge in [0.05, 0.1) is 12.2 Å². The number of hydrogen-bond acceptors (Lipinski definition) is 4. The van der Waals surface area contributed by atoms with Gasteiger partial charge in [0.1, 0.15) is 6.04 Å². The summed E-state index contributed by atoms with van der Waals surface area (Å²) in [5.74, 6) is -1.56. The smallest absolute Gasteiger partial charge is 0.261 e. The fourth-order valence-electron chi connectivity index (χ4n) is 1.94. The van der Waals surface area contributed by atoms with Crippen LogP contribution >= 0.6 is 0 Å². The number of piperazine rings is 1. The van der Waals surface area contributed by atoms with Crippen molar-refractivity contribution < 1.29 is 14.4 Å². The molecule has 0 aliphatic carbocycles. The van der Waals surface area contributed by atoms with Crippen LogP contribution in [-0.2, 0) is 9.59 Å². The van der Waals surface area contributed by atoms with Crippen molar-refractivity contribution in [3.63, 3.8) is 0 Å². The molecule has 2 rings (SSSR count). The fraction of sp³-hybridized carbons (Fsp3) is 0.250. The highest BCUT2D eigenvalue weighted by atomic mass is 16.2. The van der Waals surface area contributed by atoms with Crippen LogP contribution in [0.1, 0.15) is 17.3 Å². The van der Waals surface area contributed by atoms with Gasteiger partial charge in [-0.1, -0.05) is 23.3 Å². The predicted molar refractivity (Wildman–Crippen MR) is 68.9 cm³/mol. The molecule has 1 unspecified atom stereocenters. The van der Waals surface area contributed by atoms with Gasteiger partial charge in [-0.25, -0.2) is 0 Å². The van der Waals surface area contributed by atoms with E-state index >= 15 is 0 Å². The fourth-order valence-corrected chi connectivity index (χ4v) is 1.94. The second-order valence-electron chi connectivity index (χ2n) is 4.17. The van der Waals surface area contributed by atoms with Gasteiger partial charge in [0.2, 0.25) is 11.8 Å². The van der Waals surface area contributed by atoms with Gasteiger partial charge in [-0.15, -0.1) is 0 Å². The van der Waals surface area contributed by atoms with E-state index in [1.165, 1.54) is 19.1 Å². The van der Waals surface area contributed by atoms with Gasteiger partial charge >= 0.3 is 0 Å². The lowest BCUT2D eigenvalue weighted by molar-refractivity contribution is -0.141. The van der Waals surface area contributed by atoms with Crippen LogP contribution in [0.2, 0.25) is 0 Å². The molecule has 1 fully saturated rings. The molecule has 102 valence electrons. The summed E-state index contributed by atoms with van der Waals surface area (Å²) in [5, 5.41) is 5.81. The Labute approximate surface area is 114 Å². The van der Waals surface area contributed by atoms with Crippen molar-refractivity contribution in [3.05, 3.63) is 40.3 Å². The Morgan fingerprint density at radius 1 is 1.45 bits per heavy atom. The van der Waals surface area contributed by atoms with E-state index in [0.717, 1.165) is 4.90 Å². The molecule has 1 aromatic rings. The number of carbonyl (C=O) groups excluding carboxylic acids is 3. The van der Waals surface area contributed by atoms with E-state index in [4.69, 9.17) is 5.53 Å². The predicted octanol–water partition coefficient (Wildman–Crippen LogP) is 1.12. The highest BCUT2D eigenvalue weighted by molar-refractivity contribution is 6.12. The second kappa shape index (κ2) is 5.41. The highest BCUT2D eigenvalue weighted by Crippen LogP contribution is 2.22. The van der Waals surface area contributed by atoms with Crippen molar-refractivity contribution in [3.8, 4) is 0 Å². The number of nitrogens with one attached hydrogen (secondary N) is 1. The number of hydrogen-bond donors (Lipinski definition) is 1. The van der Waals surface area contributed by atoms with Gasteiger partial charge in [0.15, 0.2) is 0 Å². The van der Waals surface area contributed by atoms with Crippen molar-refractivity contribution in [2.45, 2.75) is 13.0 Å². The molecular formula is C12H11N5O3. The molecule has 1 aromatic carbocycles. The third-order valence-electron chi connectivity index (χ3n) is 2.95. The topological polar surface area (TPSA) is 115 Å². The largest absolute Gasteiger partial charge is 0.345 e. The maximum atomic E-state index is 12.4. The lowest BCUT2D eigenvalue weighted by atomic mass is 10.1. The van der Waals surface area contributed by atoms with Gasteiger partial charge in [-0.3, -0.25) is 19.3 Å². The van der Waals surface area contributed by atoms with Crippen LogP contribution in [0.3, 0.4) is 0 Å². The molecule has 1 saturated heterocycles. The monoisotopic (exact) mass is 273 g/mol. The highest BCUT2D eigenvalue weighted by Gasteiger charge is 2.36. The number of rotatable bonds is 2. The van der Waals surface area contributed by atoms with E-state index < -0.39 is 23.8 Å². The SMILES string of the molecule is CC1C(=O)NCC(=O)N1C(=O)c1ccccc1N=[N+]=[N-]. The number of carbonyl (C=O) groups is 3. The Kier molecular flexibility index (Phi) is 3.67. The third-order valence-corrected chi connectivity index (χ3v) is 2.95. The van der Waals surface area contributed by atoms with Crippen LogP contribution in [0.5, 0.6) is 0 Å². The maximum Gasteiger partial charge on any atom is 0.261 e. The molecule has 0 bridgehead atoms. The summed E-state index contributed by atoms with van der Waals surface area (Å²) in [5.41, 5.74) is 8.68.